The minimum absolute atomic E-state index is 0.0121. The highest BCUT2D eigenvalue weighted by Crippen LogP contribution is 2.33. The number of ether oxygens (including phenoxy) is 1. The van der Waals surface area contributed by atoms with Crippen LogP contribution in [0, 0.1) is 0 Å². The molecule has 0 spiro atoms. The van der Waals surface area contributed by atoms with Crippen LogP contribution in [0.1, 0.15) is 16.1 Å². The third-order valence-electron chi connectivity index (χ3n) is 4.66. The lowest BCUT2D eigenvalue weighted by Crippen LogP contribution is -2.23. The second kappa shape index (κ2) is 8.14. The zero-order valence-electron chi connectivity index (χ0n) is 16.6. The summed E-state index contributed by atoms with van der Waals surface area (Å²) in [5.74, 6) is -0.702. The molecule has 1 N–H and O–H groups in total. The lowest BCUT2D eigenvalue weighted by Gasteiger charge is -2.13. The first-order chi connectivity index (χ1) is 15.2. The van der Waals surface area contributed by atoms with Gasteiger partial charge in [0.15, 0.2) is 5.82 Å². The van der Waals surface area contributed by atoms with Crippen LogP contribution >= 0.6 is 0 Å². The Morgan fingerprint density at radius 3 is 2.47 bits per heavy atom. The van der Waals surface area contributed by atoms with Crippen LogP contribution in [0.25, 0.3) is 22.5 Å². The number of H-pyrrole nitrogens is 1. The van der Waals surface area contributed by atoms with Crippen LogP contribution in [-0.4, -0.2) is 25.7 Å². The van der Waals surface area contributed by atoms with E-state index >= 15 is 0 Å². The molecule has 0 radical (unpaired) electrons. The molecule has 0 saturated carbocycles. The molecule has 2 aromatic heterocycles. The van der Waals surface area contributed by atoms with Gasteiger partial charge in [-0.2, -0.15) is 13.2 Å². The number of aromatic nitrogens is 4. The van der Waals surface area contributed by atoms with Crippen molar-refractivity contribution < 1.29 is 22.7 Å². The first kappa shape index (κ1) is 21.0. The summed E-state index contributed by atoms with van der Waals surface area (Å²) >= 11 is 0. The van der Waals surface area contributed by atoms with E-state index in [-0.39, 0.29) is 5.75 Å². The molecule has 0 aliphatic heterocycles. The van der Waals surface area contributed by atoms with Crippen molar-refractivity contribution in [1.29, 1.82) is 0 Å². The van der Waals surface area contributed by atoms with E-state index in [1.807, 2.05) is 29.2 Å². The van der Waals surface area contributed by atoms with Gasteiger partial charge in [0.1, 0.15) is 17.8 Å². The van der Waals surface area contributed by atoms with Crippen molar-refractivity contribution >= 4 is 5.97 Å². The van der Waals surface area contributed by atoms with Crippen molar-refractivity contribution in [1.82, 2.24) is 19.7 Å². The number of alkyl halides is 3. The van der Waals surface area contributed by atoms with E-state index in [9.17, 15) is 22.8 Å². The fraction of sp³-hybridized carbons (Fsp3) is 0.0909. The molecule has 0 fully saturated rings. The number of benzene rings is 2. The Morgan fingerprint density at radius 1 is 1.03 bits per heavy atom. The molecule has 4 aromatic rings. The quantitative estimate of drug-likeness (QED) is 0.382. The topological polar surface area (TPSA) is 89.9 Å². The van der Waals surface area contributed by atoms with Crippen LogP contribution in [0.2, 0.25) is 0 Å². The van der Waals surface area contributed by atoms with E-state index < -0.39 is 29.0 Å². The van der Waals surface area contributed by atoms with E-state index in [1.54, 1.807) is 30.1 Å². The number of rotatable bonds is 4. The Labute approximate surface area is 179 Å². The van der Waals surface area contributed by atoms with Gasteiger partial charge in [0, 0.05) is 18.7 Å². The Bertz CT molecular complexity index is 1360. The average Bonchev–Trinajstić information content (AvgIpc) is 3.18. The van der Waals surface area contributed by atoms with Crippen LogP contribution in [0.4, 0.5) is 13.2 Å². The molecule has 7 nitrogen and oxygen atoms in total. The number of nitrogens with one attached hydrogen (secondary N) is 1. The van der Waals surface area contributed by atoms with Crippen LogP contribution in [0.3, 0.4) is 0 Å². The highest BCUT2D eigenvalue weighted by molar-refractivity contribution is 5.91. The molecule has 2 aromatic carbocycles. The maximum atomic E-state index is 13.2. The van der Waals surface area contributed by atoms with Gasteiger partial charge in [-0.15, -0.1) is 10.2 Å². The van der Waals surface area contributed by atoms with E-state index in [0.29, 0.717) is 23.5 Å². The van der Waals surface area contributed by atoms with Gasteiger partial charge in [0.05, 0.1) is 5.56 Å². The number of halogens is 3. The van der Waals surface area contributed by atoms with Crippen molar-refractivity contribution in [2.45, 2.75) is 6.18 Å². The lowest BCUT2D eigenvalue weighted by atomic mass is 9.99. The number of hydrogen-bond acceptors (Lipinski definition) is 5. The second-order valence-electron chi connectivity index (χ2n) is 6.84. The number of carbonyl (C=O) groups excluding carboxylic acids is 1. The lowest BCUT2D eigenvalue weighted by molar-refractivity contribution is -0.138. The van der Waals surface area contributed by atoms with Gasteiger partial charge in [0.2, 0.25) is 5.56 Å². The summed E-state index contributed by atoms with van der Waals surface area (Å²) in [5, 5.41) is 7.99. The van der Waals surface area contributed by atoms with Gasteiger partial charge in [-0.25, -0.2) is 4.79 Å². The van der Waals surface area contributed by atoms with E-state index in [0.717, 1.165) is 11.1 Å². The SMILES string of the molecule is Cn1cnnc1-c1ccccc1-c1cccc(OC(=O)c2[nH]c(=O)ccc2C(F)(F)F)c1. The number of carbonyl (C=O) groups is 1. The number of pyridine rings is 1. The van der Waals surface area contributed by atoms with Crippen molar-refractivity contribution in [3.63, 3.8) is 0 Å². The Kier molecular flexibility index (Phi) is 5.35. The highest BCUT2D eigenvalue weighted by atomic mass is 19.4. The summed E-state index contributed by atoms with van der Waals surface area (Å²) in [5.41, 5.74) is -0.933. The average molecular weight is 440 g/mol. The molecule has 32 heavy (non-hydrogen) atoms. The first-order valence-corrected chi connectivity index (χ1v) is 9.30. The van der Waals surface area contributed by atoms with E-state index in [4.69, 9.17) is 4.74 Å². The van der Waals surface area contributed by atoms with Gasteiger partial charge in [-0.05, 0) is 29.3 Å². The number of aromatic amines is 1. The molecular formula is C22H15F3N4O3. The largest absolute Gasteiger partial charge is 0.422 e. The van der Waals surface area contributed by atoms with Crippen molar-refractivity contribution in [3.8, 4) is 28.3 Å². The Morgan fingerprint density at radius 2 is 1.78 bits per heavy atom. The third kappa shape index (κ3) is 4.15. The zero-order chi connectivity index (χ0) is 22.9. The zero-order valence-corrected chi connectivity index (χ0v) is 16.6. The summed E-state index contributed by atoms with van der Waals surface area (Å²) in [6.45, 7) is 0. The summed E-state index contributed by atoms with van der Waals surface area (Å²) in [6, 6.07) is 14.9. The molecule has 162 valence electrons. The number of esters is 1. The molecule has 0 unspecified atom stereocenters. The predicted octanol–water partition coefficient (Wildman–Crippen LogP) is 4.08. The third-order valence-corrected chi connectivity index (χ3v) is 4.66. The van der Waals surface area contributed by atoms with E-state index in [2.05, 4.69) is 10.2 Å². The van der Waals surface area contributed by atoms with Gasteiger partial charge >= 0.3 is 12.1 Å². The number of nitrogens with zero attached hydrogens (tertiary/aromatic N) is 3. The number of hydrogen-bond donors (Lipinski definition) is 1. The summed E-state index contributed by atoms with van der Waals surface area (Å²) in [7, 11) is 1.79. The van der Waals surface area contributed by atoms with Gasteiger partial charge in [-0.3, -0.25) is 4.79 Å². The molecule has 2 heterocycles. The molecule has 0 aliphatic carbocycles. The van der Waals surface area contributed by atoms with Crippen LogP contribution in [0.5, 0.6) is 5.75 Å². The summed E-state index contributed by atoms with van der Waals surface area (Å²) in [6.07, 6.45) is -3.28. The molecular weight excluding hydrogens is 425 g/mol. The predicted molar refractivity (Wildman–Crippen MR) is 109 cm³/mol. The minimum Gasteiger partial charge on any atom is -0.422 e. The van der Waals surface area contributed by atoms with Gasteiger partial charge < -0.3 is 14.3 Å². The maximum Gasteiger partial charge on any atom is 0.418 e. The standard InChI is InChI=1S/C22H15F3N4O3/c1-29-12-26-28-20(29)16-8-3-2-7-15(16)13-5-4-6-14(11-13)32-21(31)19-17(22(23,24)25)9-10-18(30)27-19/h2-12H,1H3,(H,27,30). The molecule has 0 saturated heterocycles. The highest BCUT2D eigenvalue weighted by Gasteiger charge is 2.36. The van der Waals surface area contributed by atoms with Gasteiger partial charge in [0.25, 0.3) is 0 Å². The van der Waals surface area contributed by atoms with Crippen molar-refractivity contribution in [3.05, 3.63) is 88.6 Å². The molecule has 10 heteroatoms. The number of aryl methyl sites for hydroxylation is 1. The summed E-state index contributed by atoms with van der Waals surface area (Å²) < 4.78 is 46.6. The smallest absolute Gasteiger partial charge is 0.418 e. The van der Waals surface area contributed by atoms with Crippen molar-refractivity contribution in [2.24, 2.45) is 7.05 Å². The van der Waals surface area contributed by atoms with Crippen molar-refractivity contribution in [2.75, 3.05) is 0 Å². The molecule has 0 atom stereocenters. The monoisotopic (exact) mass is 440 g/mol. The van der Waals surface area contributed by atoms with Crippen LogP contribution in [0.15, 0.2) is 71.8 Å². The maximum absolute atomic E-state index is 13.2. The van der Waals surface area contributed by atoms with Gasteiger partial charge in [-0.1, -0.05) is 36.4 Å². The minimum atomic E-state index is -4.84. The second-order valence-corrected chi connectivity index (χ2v) is 6.84. The Balaban J connectivity index is 1.70. The first-order valence-electron chi connectivity index (χ1n) is 9.30. The fourth-order valence-electron chi connectivity index (χ4n) is 3.21. The summed E-state index contributed by atoms with van der Waals surface area (Å²) in [4.78, 5) is 25.9. The molecule has 0 amide bonds. The Hall–Kier alpha value is -4.21. The molecule has 0 aliphatic rings. The van der Waals surface area contributed by atoms with E-state index in [1.165, 1.54) is 12.1 Å². The van der Waals surface area contributed by atoms with Crippen LogP contribution < -0.4 is 10.3 Å². The molecule has 4 rings (SSSR count). The normalized spacial score (nSPS) is 11.4. The van der Waals surface area contributed by atoms with Crippen LogP contribution in [-0.2, 0) is 13.2 Å². The molecule has 0 bridgehead atoms. The fourth-order valence-corrected chi connectivity index (χ4v) is 3.21.